The minimum Gasteiger partial charge on any atom is -0.464 e. The Balaban J connectivity index is 1.54. The molecule has 0 spiro atoms. The second-order valence-corrected chi connectivity index (χ2v) is 17.9. The average molecular weight is 839 g/mol. The molecule has 2 aromatic rings. The fourth-order valence-electron chi connectivity index (χ4n) is 8.55. The Morgan fingerprint density at radius 3 is 2.66 bits per heavy atom. The van der Waals surface area contributed by atoms with Crippen LogP contribution in [0.3, 0.4) is 0 Å². The number of fused-ring (bicyclic) bond motifs is 5. The number of allylic oxidation sites excluding steroid dienone is 2. The molecule has 0 radical (unpaired) electrons. The molecule has 2 unspecified atom stereocenters. The van der Waals surface area contributed by atoms with Crippen molar-refractivity contribution in [2.45, 2.75) is 111 Å². The maximum atomic E-state index is 14.6. The summed E-state index contributed by atoms with van der Waals surface area (Å²) >= 11 is 1.37. The van der Waals surface area contributed by atoms with Gasteiger partial charge in [0.1, 0.15) is 29.9 Å². The maximum Gasteiger partial charge on any atom is 0.324 e. The number of aryl methyl sites for hydroxylation is 1. The number of hydrogen-bond donors (Lipinski definition) is 2. The third-order valence-corrected chi connectivity index (χ3v) is 13.3. The topological polar surface area (TPSA) is 136 Å². The van der Waals surface area contributed by atoms with Gasteiger partial charge in [-0.25, -0.2) is 14.2 Å². The molecular formula is C44H60F2N6O6S. The monoisotopic (exact) mass is 838 g/mol. The average Bonchev–Trinajstić information content (AvgIpc) is 3.50. The number of rotatable bonds is 12. The van der Waals surface area contributed by atoms with Gasteiger partial charge in [0.2, 0.25) is 5.91 Å². The van der Waals surface area contributed by atoms with Crippen molar-refractivity contribution in [3.63, 3.8) is 0 Å². The third kappa shape index (κ3) is 9.38. The normalized spacial score (nSPS) is 28.7. The lowest BCUT2D eigenvalue weighted by molar-refractivity contribution is -0.156. The Labute approximate surface area is 350 Å². The summed E-state index contributed by atoms with van der Waals surface area (Å²) in [5.41, 5.74) is 7.96. The number of amides is 2. The van der Waals surface area contributed by atoms with Gasteiger partial charge < -0.3 is 24.1 Å². The summed E-state index contributed by atoms with van der Waals surface area (Å²) in [6.07, 6.45) is 1.49. The largest absolute Gasteiger partial charge is 0.464 e. The zero-order chi connectivity index (χ0) is 42.8. The highest BCUT2D eigenvalue weighted by molar-refractivity contribution is 8.14. The number of benzene rings is 1. The summed E-state index contributed by atoms with van der Waals surface area (Å²) in [6.45, 7) is 17.3. The van der Waals surface area contributed by atoms with E-state index in [0.717, 1.165) is 39.0 Å². The number of cyclic esters (lactones) is 1. The number of ether oxygens (including phenoxy) is 3. The first-order valence-electron chi connectivity index (χ1n) is 20.8. The van der Waals surface area contributed by atoms with Crippen molar-refractivity contribution in [1.82, 2.24) is 20.3 Å². The molecule has 1 aromatic carbocycles. The first-order valence-corrected chi connectivity index (χ1v) is 21.8. The van der Waals surface area contributed by atoms with Crippen molar-refractivity contribution in [2.75, 3.05) is 39.3 Å². The summed E-state index contributed by atoms with van der Waals surface area (Å²) < 4.78 is 48.3. The van der Waals surface area contributed by atoms with Crippen LogP contribution in [0.25, 0.3) is 16.5 Å². The molecular weight excluding hydrogens is 779 g/mol. The fourth-order valence-corrected chi connectivity index (χ4v) is 9.71. The molecule has 15 heteroatoms. The molecule has 1 aliphatic carbocycles. The number of aliphatic imine (C=N–C) groups is 2. The van der Waals surface area contributed by atoms with E-state index < -0.39 is 54.9 Å². The molecule has 59 heavy (non-hydrogen) atoms. The van der Waals surface area contributed by atoms with Crippen LogP contribution in [0.4, 0.5) is 8.78 Å². The number of alkyl halides is 2. The highest BCUT2D eigenvalue weighted by Crippen LogP contribution is 2.46. The molecule has 4 heterocycles. The van der Waals surface area contributed by atoms with E-state index in [-0.39, 0.29) is 49.0 Å². The molecule has 4 aliphatic rings. The summed E-state index contributed by atoms with van der Waals surface area (Å²) in [6, 6.07) is 3.71. The van der Waals surface area contributed by atoms with Crippen LogP contribution >= 0.6 is 11.8 Å². The number of nitrogens with one attached hydrogen (secondary N) is 2. The number of hydrogen-bond acceptors (Lipinski definition) is 10. The molecule has 322 valence electrons. The number of halogens is 2. The standard InChI is InChI=1S/C44H60F2N6O6S/c1-10-29(36(47-11-2)26(6)56-9)38-31-19-44(7,8)23-58-43(55)32-14-13-17-52(50-32)42(54)37(49-40(53)35-24(4)25(35)5)39(57-21-28(46)20-45)41-48-33(22-59-41)27-15-16-34(30(31)18-27)51(38)12-3/h10-11,15-16,18,24-26,28,32-33,35,37,39,50H,1,12-14,17,19-23H2,2-9H3,(H,49,53)/b36-29+,47-11?/t24-,25+,26-,28-,32-,33?,35?,37-,39-/m0/s1. The second-order valence-electron chi connectivity index (χ2n) is 16.9. The molecule has 1 saturated heterocycles. The summed E-state index contributed by atoms with van der Waals surface area (Å²) in [7, 11) is 1.65. The molecule has 1 aromatic heterocycles. The Morgan fingerprint density at radius 2 is 2.02 bits per heavy atom. The van der Waals surface area contributed by atoms with Crippen molar-refractivity contribution in [2.24, 2.45) is 33.2 Å². The van der Waals surface area contributed by atoms with Crippen molar-refractivity contribution >= 4 is 57.3 Å². The van der Waals surface area contributed by atoms with Crippen LogP contribution in [0.15, 0.2) is 46.5 Å². The zero-order valence-electron chi connectivity index (χ0n) is 35.6. The highest BCUT2D eigenvalue weighted by atomic mass is 32.2. The number of hydrazine groups is 1. The van der Waals surface area contributed by atoms with Gasteiger partial charge in [-0.15, -0.1) is 11.8 Å². The first-order chi connectivity index (χ1) is 28.2. The van der Waals surface area contributed by atoms with E-state index >= 15 is 0 Å². The Hall–Kier alpha value is -3.92. The lowest BCUT2D eigenvalue weighted by atomic mass is 9.84. The quantitative estimate of drug-likeness (QED) is 0.139. The molecule has 9 atom stereocenters. The van der Waals surface area contributed by atoms with E-state index in [1.54, 1.807) is 13.3 Å². The van der Waals surface area contributed by atoms with Crippen LogP contribution in [0.2, 0.25) is 0 Å². The number of aromatic nitrogens is 1. The number of nitrogens with zero attached hydrogens (tertiary/aromatic N) is 4. The van der Waals surface area contributed by atoms with Crippen molar-refractivity contribution in [3.8, 4) is 0 Å². The van der Waals surface area contributed by atoms with Gasteiger partial charge in [0, 0.05) is 60.0 Å². The Bertz CT molecular complexity index is 2010. The summed E-state index contributed by atoms with van der Waals surface area (Å²) in [4.78, 5) is 52.0. The Morgan fingerprint density at radius 1 is 1.27 bits per heavy atom. The van der Waals surface area contributed by atoms with Gasteiger partial charge in [-0.2, -0.15) is 0 Å². The SMILES string of the molecule is C=C/C(=C(\N=CC)[C@H](C)OC)c1c2c3cc(ccc3n1CC)C1CSC(=N1)[C@@H](OC[C@@H](F)CF)[C@H](NC(=O)C1[C@@H](C)[C@H]1C)C(=O)N1CCC[C@H](N1)C(=O)OCC(C)(C)C2. The summed E-state index contributed by atoms with van der Waals surface area (Å²) in [5, 5.41) is 5.65. The van der Waals surface area contributed by atoms with Gasteiger partial charge in [0.05, 0.1) is 36.8 Å². The highest BCUT2D eigenvalue weighted by Gasteiger charge is 2.50. The minimum atomic E-state index is -1.94. The number of methoxy groups -OCH3 is 1. The van der Waals surface area contributed by atoms with Gasteiger partial charge in [-0.05, 0) is 75.1 Å². The molecule has 1 saturated carbocycles. The maximum absolute atomic E-state index is 14.6. The van der Waals surface area contributed by atoms with E-state index in [4.69, 9.17) is 24.2 Å². The van der Waals surface area contributed by atoms with Crippen molar-refractivity contribution in [1.29, 1.82) is 0 Å². The third-order valence-electron chi connectivity index (χ3n) is 12.2. The fraction of sp³-hybridized carbons (Fsp3) is 0.614. The zero-order valence-corrected chi connectivity index (χ0v) is 36.4. The van der Waals surface area contributed by atoms with E-state index in [2.05, 4.69) is 54.8 Å². The van der Waals surface area contributed by atoms with Crippen LogP contribution < -0.4 is 10.7 Å². The van der Waals surface area contributed by atoms with Crippen LogP contribution in [-0.2, 0) is 41.6 Å². The predicted octanol–water partition coefficient (Wildman–Crippen LogP) is 6.57. The van der Waals surface area contributed by atoms with Crippen molar-refractivity contribution in [3.05, 3.63) is 53.4 Å². The van der Waals surface area contributed by atoms with E-state index in [0.29, 0.717) is 36.6 Å². The van der Waals surface area contributed by atoms with Crippen molar-refractivity contribution < 1.29 is 37.4 Å². The molecule has 12 nitrogen and oxygen atoms in total. The number of carbonyl (C=O) groups is 3. The van der Waals surface area contributed by atoms with Gasteiger partial charge in [-0.1, -0.05) is 46.4 Å². The lowest BCUT2D eigenvalue weighted by Crippen LogP contribution is -2.63. The molecule has 3 aliphatic heterocycles. The molecule has 2 N–H and O–H groups in total. The predicted molar refractivity (Wildman–Crippen MR) is 229 cm³/mol. The minimum absolute atomic E-state index is 0.0930. The number of esters is 1. The van der Waals surface area contributed by atoms with Crippen LogP contribution in [-0.4, -0.2) is 108 Å². The van der Waals surface area contributed by atoms with E-state index in [1.807, 2.05) is 39.8 Å². The number of carbonyl (C=O) groups excluding carboxylic acids is 3. The van der Waals surface area contributed by atoms with Crippen LogP contribution in [0.1, 0.15) is 84.2 Å². The van der Waals surface area contributed by atoms with Gasteiger partial charge in [0.25, 0.3) is 5.91 Å². The van der Waals surface area contributed by atoms with Gasteiger partial charge in [0.15, 0.2) is 6.17 Å². The Kier molecular flexibility index (Phi) is 14.2. The lowest BCUT2D eigenvalue weighted by Gasteiger charge is -2.37. The number of thioether (sulfide) groups is 1. The van der Waals surface area contributed by atoms with Gasteiger partial charge >= 0.3 is 5.97 Å². The van der Waals surface area contributed by atoms with E-state index in [1.165, 1.54) is 16.8 Å². The summed E-state index contributed by atoms with van der Waals surface area (Å²) in [5.74, 6) is -1.01. The second kappa shape index (κ2) is 18.8. The molecule has 6 bridgehead atoms. The van der Waals surface area contributed by atoms with E-state index in [9.17, 15) is 23.2 Å². The smallest absolute Gasteiger partial charge is 0.324 e. The first kappa shape index (κ1) is 44.6. The van der Waals surface area contributed by atoms with Gasteiger partial charge in [-0.3, -0.25) is 29.4 Å². The van der Waals surface area contributed by atoms with Crippen LogP contribution in [0, 0.1) is 23.2 Å². The van der Waals surface area contributed by atoms with Crippen LogP contribution in [0.5, 0.6) is 0 Å². The molecule has 2 amide bonds. The molecule has 6 rings (SSSR count). The molecule has 2 fully saturated rings.